The van der Waals surface area contributed by atoms with Gasteiger partial charge in [0.15, 0.2) is 0 Å². The minimum Gasteiger partial charge on any atom is -0.387 e. The van der Waals surface area contributed by atoms with Crippen molar-refractivity contribution < 1.29 is 28.4 Å². The molecule has 3 unspecified atom stereocenters. The molecule has 0 spiro atoms. The first-order valence-electron chi connectivity index (χ1n) is 17.1. The summed E-state index contributed by atoms with van der Waals surface area (Å²) < 4.78 is 21.9. The van der Waals surface area contributed by atoms with E-state index in [4.69, 9.17) is 14.8 Å². The van der Waals surface area contributed by atoms with Gasteiger partial charge in [-0.05, 0) is 57.8 Å². The van der Waals surface area contributed by atoms with Gasteiger partial charge in [-0.2, -0.15) is 0 Å². The van der Waals surface area contributed by atoms with Gasteiger partial charge < -0.3 is 21.1 Å². The standard InChI is InChI=1S/C34H65N2O6P/c1-3-5-7-9-11-13-14-15-16-17-18-20-22-24-26-28-34(38)36-32(31-42-43(39,40)41-30-29-35)33(37)27-25-23-21-19-12-10-8-6-4-2/h12,15-16,19,25,27,32-33,37H,3-11,13-14,17-18,20-24,26,28-31,35H2,1-2H3,(H,36,38)(H,39,40)/b16-15-,19-12+,27-25+. The third kappa shape index (κ3) is 29.2. The Bertz CT molecular complexity index is 774. The fraction of sp³-hybridized carbons (Fsp3) is 0.794. The summed E-state index contributed by atoms with van der Waals surface area (Å²) in [6, 6.07) is -0.876. The van der Waals surface area contributed by atoms with Crippen LogP contribution in [0.2, 0.25) is 0 Å². The number of carbonyl (C=O) groups excluding carboxylic acids is 1. The molecule has 0 aromatic rings. The lowest BCUT2D eigenvalue weighted by Gasteiger charge is -2.23. The van der Waals surface area contributed by atoms with Crippen molar-refractivity contribution in [3.8, 4) is 0 Å². The highest BCUT2D eigenvalue weighted by molar-refractivity contribution is 7.47. The van der Waals surface area contributed by atoms with Crippen LogP contribution in [0.5, 0.6) is 0 Å². The molecule has 9 heteroatoms. The monoisotopic (exact) mass is 628 g/mol. The SMILES string of the molecule is CCCCC/C=C/CC/C=C/C(O)C(COP(=O)(O)OCCN)NC(=O)CCCCCCC/C=C\CCCCCCCC. The molecule has 0 bridgehead atoms. The van der Waals surface area contributed by atoms with Crippen molar-refractivity contribution in [2.45, 2.75) is 154 Å². The predicted molar refractivity (Wildman–Crippen MR) is 180 cm³/mol. The second-order valence-electron chi connectivity index (χ2n) is 11.4. The number of phosphoric ester groups is 1. The number of amides is 1. The van der Waals surface area contributed by atoms with Crippen molar-refractivity contribution in [2.24, 2.45) is 5.73 Å². The molecule has 0 fully saturated rings. The second kappa shape index (κ2) is 30.7. The lowest BCUT2D eigenvalue weighted by atomic mass is 10.1. The van der Waals surface area contributed by atoms with Crippen LogP contribution < -0.4 is 11.1 Å². The number of nitrogens with one attached hydrogen (secondary N) is 1. The van der Waals surface area contributed by atoms with Crippen LogP contribution in [-0.4, -0.2) is 47.8 Å². The lowest BCUT2D eigenvalue weighted by Crippen LogP contribution is -2.45. The van der Waals surface area contributed by atoms with Crippen LogP contribution in [0.25, 0.3) is 0 Å². The van der Waals surface area contributed by atoms with Crippen LogP contribution in [0.1, 0.15) is 142 Å². The minimum atomic E-state index is -4.33. The van der Waals surface area contributed by atoms with Gasteiger partial charge in [0.2, 0.25) is 5.91 Å². The molecule has 0 rings (SSSR count). The molecule has 0 aliphatic carbocycles. The first kappa shape index (κ1) is 41.7. The molecule has 5 N–H and O–H groups in total. The summed E-state index contributed by atoms with van der Waals surface area (Å²) in [5, 5.41) is 13.5. The van der Waals surface area contributed by atoms with E-state index in [1.165, 1.54) is 70.6 Å². The molecule has 0 saturated heterocycles. The van der Waals surface area contributed by atoms with E-state index in [1.54, 1.807) is 6.08 Å². The number of phosphoric acid groups is 1. The molecule has 0 aliphatic heterocycles. The molecule has 43 heavy (non-hydrogen) atoms. The van der Waals surface area contributed by atoms with Crippen molar-refractivity contribution in [2.75, 3.05) is 19.8 Å². The minimum absolute atomic E-state index is 0.0719. The van der Waals surface area contributed by atoms with Gasteiger partial charge in [-0.25, -0.2) is 4.57 Å². The number of aliphatic hydroxyl groups excluding tert-OH is 1. The first-order valence-corrected chi connectivity index (χ1v) is 18.6. The van der Waals surface area contributed by atoms with Gasteiger partial charge in [0.25, 0.3) is 0 Å². The molecule has 8 nitrogen and oxygen atoms in total. The van der Waals surface area contributed by atoms with Crippen LogP contribution in [0.3, 0.4) is 0 Å². The van der Waals surface area contributed by atoms with Crippen LogP contribution in [0.15, 0.2) is 36.5 Å². The second-order valence-corrected chi connectivity index (χ2v) is 12.8. The average molecular weight is 629 g/mol. The van der Waals surface area contributed by atoms with Gasteiger partial charge >= 0.3 is 7.82 Å². The zero-order valence-corrected chi connectivity index (χ0v) is 28.3. The normalized spacial score (nSPS) is 15.0. The summed E-state index contributed by atoms with van der Waals surface area (Å²) in [4.78, 5) is 22.5. The number of allylic oxidation sites excluding steroid dienone is 5. The third-order valence-corrected chi connectivity index (χ3v) is 8.17. The van der Waals surface area contributed by atoms with E-state index < -0.39 is 20.0 Å². The van der Waals surface area contributed by atoms with Crippen molar-refractivity contribution in [1.29, 1.82) is 0 Å². The Morgan fingerprint density at radius 2 is 1.23 bits per heavy atom. The molecule has 0 radical (unpaired) electrons. The highest BCUT2D eigenvalue weighted by atomic mass is 31.2. The maximum Gasteiger partial charge on any atom is 0.472 e. The predicted octanol–water partition coefficient (Wildman–Crippen LogP) is 8.43. The van der Waals surface area contributed by atoms with Crippen LogP contribution in [0.4, 0.5) is 0 Å². The van der Waals surface area contributed by atoms with E-state index in [1.807, 2.05) is 6.08 Å². The van der Waals surface area contributed by atoms with Crippen molar-refractivity contribution in [3.63, 3.8) is 0 Å². The number of hydrogen-bond donors (Lipinski definition) is 4. The Labute approximate surface area is 263 Å². The topological polar surface area (TPSA) is 131 Å². The number of rotatable bonds is 31. The Hall–Kier alpha value is -1.28. The van der Waals surface area contributed by atoms with E-state index >= 15 is 0 Å². The van der Waals surface area contributed by atoms with E-state index in [-0.39, 0.29) is 25.7 Å². The zero-order valence-electron chi connectivity index (χ0n) is 27.4. The Balaban J connectivity index is 4.38. The van der Waals surface area contributed by atoms with Gasteiger partial charge in [-0.1, -0.05) is 115 Å². The number of carbonyl (C=O) groups is 1. The first-order chi connectivity index (χ1) is 20.9. The number of hydrogen-bond acceptors (Lipinski definition) is 6. The van der Waals surface area contributed by atoms with Crippen molar-refractivity contribution in [1.82, 2.24) is 5.32 Å². The highest BCUT2D eigenvalue weighted by Crippen LogP contribution is 2.43. The fourth-order valence-corrected chi connectivity index (χ4v) is 5.31. The summed E-state index contributed by atoms with van der Waals surface area (Å²) in [5.74, 6) is -0.218. The Morgan fingerprint density at radius 1 is 0.744 bits per heavy atom. The molecule has 0 aromatic heterocycles. The van der Waals surface area contributed by atoms with Gasteiger partial charge in [-0.3, -0.25) is 13.8 Å². The van der Waals surface area contributed by atoms with E-state index in [2.05, 4.69) is 43.5 Å². The van der Waals surface area contributed by atoms with E-state index in [0.717, 1.165) is 51.4 Å². The highest BCUT2D eigenvalue weighted by Gasteiger charge is 2.26. The summed E-state index contributed by atoms with van der Waals surface area (Å²) in [6.07, 6.45) is 33.4. The Morgan fingerprint density at radius 3 is 1.84 bits per heavy atom. The lowest BCUT2D eigenvalue weighted by molar-refractivity contribution is -0.123. The molecule has 0 aromatic carbocycles. The molecule has 0 saturated carbocycles. The van der Waals surface area contributed by atoms with Crippen LogP contribution in [-0.2, 0) is 18.4 Å². The average Bonchev–Trinajstić information content (AvgIpc) is 2.99. The smallest absolute Gasteiger partial charge is 0.387 e. The largest absolute Gasteiger partial charge is 0.472 e. The van der Waals surface area contributed by atoms with Crippen LogP contribution >= 0.6 is 7.82 Å². The van der Waals surface area contributed by atoms with Gasteiger partial charge in [0.05, 0.1) is 25.4 Å². The third-order valence-electron chi connectivity index (χ3n) is 7.19. The van der Waals surface area contributed by atoms with Crippen molar-refractivity contribution in [3.05, 3.63) is 36.5 Å². The van der Waals surface area contributed by atoms with E-state index in [0.29, 0.717) is 6.42 Å². The summed E-state index contributed by atoms with van der Waals surface area (Å²) in [7, 11) is -4.33. The molecule has 3 atom stereocenters. The maximum absolute atomic E-state index is 12.6. The summed E-state index contributed by atoms with van der Waals surface area (Å²) in [6.45, 7) is 4.01. The molecule has 0 heterocycles. The van der Waals surface area contributed by atoms with Crippen molar-refractivity contribution >= 4 is 13.7 Å². The number of aliphatic hydroxyl groups is 1. The summed E-state index contributed by atoms with van der Waals surface area (Å²) in [5.41, 5.74) is 5.33. The maximum atomic E-state index is 12.6. The van der Waals surface area contributed by atoms with Gasteiger partial charge in [-0.15, -0.1) is 0 Å². The molecule has 0 aliphatic rings. The van der Waals surface area contributed by atoms with Gasteiger partial charge in [0.1, 0.15) is 0 Å². The quantitative estimate of drug-likeness (QED) is 0.0344. The fourth-order valence-electron chi connectivity index (χ4n) is 4.55. The summed E-state index contributed by atoms with van der Waals surface area (Å²) >= 11 is 0. The molecular weight excluding hydrogens is 563 g/mol. The number of nitrogens with two attached hydrogens (primary N) is 1. The molecule has 252 valence electrons. The van der Waals surface area contributed by atoms with Crippen LogP contribution in [0, 0.1) is 0 Å². The number of unbranched alkanes of at least 4 members (excludes halogenated alkanes) is 15. The molecule has 1 amide bonds. The van der Waals surface area contributed by atoms with E-state index in [9.17, 15) is 19.4 Å². The zero-order chi connectivity index (χ0) is 31.9. The molecular formula is C34H65N2O6P. The Kier molecular flexibility index (Phi) is 29.8. The van der Waals surface area contributed by atoms with Gasteiger partial charge in [0, 0.05) is 13.0 Å².